The monoisotopic (exact) mass is 238 g/mol. The molecule has 2 N–H and O–H groups in total. The zero-order valence-corrected chi connectivity index (χ0v) is 10.4. The third-order valence-electron chi connectivity index (χ3n) is 2.15. The van der Waals surface area contributed by atoms with E-state index in [0.29, 0.717) is 0 Å². The fourth-order valence-electron chi connectivity index (χ4n) is 1.24. The number of carboxylic acids is 1. The number of aliphatic carboxylic acids is 1. The molecule has 3 nitrogen and oxygen atoms in total. The summed E-state index contributed by atoms with van der Waals surface area (Å²) in [6.45, 7) is 1.79. The predicted octanol–water partition coefficient (Wildman–Crippen LogP) is 3.07. The quantitative estimate of drug-likeness (QED) is 0.281. The molecule has 0 aromatic heterocycles. The third-order valence-corrected chi connectivity index (χ3v) is 2.15. The Kier molecular flexibility index (Phi) is 10.3. The molecule has 0 heterocycles. The molecule has 96 valence electrons. The molecular weight excluding hydrogens is 216 g/mol. The van der Waals surface area contributed by atoms with Crippen molar-refractivity contribution in [3.8, 4) is 0 Å². The molecular formula is C14H22O3. The molecule has 1 unspecified atom stereocenters. The second kappa shape index (κ2) is 11.1. The van der Waals surface area contributed by atoms with E-state index in [4.69, 9.17) is 10.2 Å². The maximum absolute atomic E-state index is 10.1. The van der Waals surface area contributed by atoms with Gasteiger partial charge in [-0.3, -0.25) is 0 Å². The van der Waals surface area contributed by atoms with Crippen LogP contribution < -0.4 is 0 Å². The molecule has 0 saturated carbocycles. The van der Waals surface area contributed by atoms with Crippen molar-refractivity contribution >= 4 is 5.97 Å². The summed E-state index contributed by atoms with van der Waals surface area (Å²) in [4.78, 5) is 10.1. The van der Waals surface area contributed by atoms with Crippen molar-refractivity contribution in [3.63, 3.8) is 0 Å². The highest BCUT2D eigenvalue weighted by Crippen LogP contribution is 2.01. The first-order chi connectivity index (χ1) is 8.13. The number of aliphatic hydroxyl groups is 1. The van der Waals surface area contributed by atoms with Crippen LogP contribution in [-0.4, -0.2) is 22.3 Å². The van der Waals surface area contributed by atoms with Crippen molar-refractivity contribution in [2.45, 2.75) is 45.1 Å². The molecule has 0 spiro atoms. The lowest BCUT2D eigenvalue weighted by atomic mass is 10.1. The van der Waals surface area contributed by atoms with Crippen LogP contribution >= 0.6 is 0 Å². The third kappa shape index (κ3) is 14.7. The minimum Gasteiger partial charge on any atom is -0.478 e. The molecule has 1 atom stereocenters. The molecule has 0 saturated heterocycles. The number of carbonyl (C=O) groups is 1. The van der Waals surface area contributed by atoms with Gasteiger partial charge in [0.1, 0.15) is 0 Å². The van der Waals surface area contributed by atoms with Crippen LogP contribution in [0.2, 0.25) is 0 Å². The smallest absolute Gasteiger partial charge is 0.328 e. The Morgan fingerprint density at radius 1 is 1.12 bits per heavy atom. The summed E-state index contributed by atoms with van der Waals surface area (Å²) >= 11 is 0. The number of hydrogen-bond acceptors (Lipinski definition) is 2. The van der Waals surface area contributed by atoms with Gasteiger partial charge in [-0.05, 0) is 39.0 Å². The standard InChI is InChI=1S/C14H22O3/c1-13(15)11-9-7-5-3-2-4-6-8-10-12-14(16)17/h5-8,10,12-13,15H,2-4,9,11H2,1H3,(H,16,17)/b7-5+,8-6+,12-10+. The summed E-state index contributed by atoms with van der Waals surface area (Å²) in [5.41, 5.74) is 0. The Morgan fingerprint density at radius 3 is 2.41 bits per heavy atom. The topological polar surface area (TPSA) is 57.5 Å². The van der Waals surface area contributed by atoms with Gasteiger partial charge in [-0.1, -0.05) is 30.4 Å². The van der Waals surface area contributed by atoms with E-state index in [0.717, 1.165) is 38.2 Å². The average molecular weight is 238 g/mol. The van der Waals surface area contributed by atoms with Crippen LogP contribution in [0.15, 0.2) is 36.5 Å². The molecule has 17 heavy (non-hydrogen) atoms. The average Bonchev–Trinajstić information content (AvgIpc) is 2.25. The van der Waals surface area contributed by atoms with Crippen molar-refractivity contribution < 1.29 is 15.0 Å². The second-order valence-corrected chi connectivity index (χ2v) is 3.95. The van der Waals surface area contributed by atoms with Crippen LogP contribution in [0.4, 0.5) is 0 Å². The Labute approximate surface area is 103 Å². The number of rotatable bonds is 9. The van der Waals surface area contributed by atoms with E-state index in [1.54, 1.807) is 13.0 Å². The molecule has 0 aliphatic carbocycles. The number of carboxylic acid groups (broad SMARTS) is 1. The predicted molar refractivity (Wildman–Crippen MR) is 69.8 cm³/mol. The molecule has 0 aromatic carbocycles. The number of hydrogen-bond donors (Lipinski definition) is 2. The molecule has 0 rings (SSSR count). The van der Waals surface area contributed by atoms with Crippen molar-refractivity contribution in [2.24, 2.45) is 0 Å². The molecule has 0 amide bonds. The minimum absolute atomic E-state index is 0.219. The normalized spacial score (nSPS) is 14.0. The summed E-state index contributed by atoms with van der Waals surface area (Å²) in [6, 6.07) is 0. The van der Waals surface area contributed by atoms with Crippen molar-refractivity contribution in [1.29, 1.82) is 0 Å². The van der Waals surface area contributed by atoms with Crippen LogP contribution in [0.5, 0.6) is 0 Å². The summed E-state index contributed by atoms with van der Waals surface area (Å²) < 4.78 is 0. The summed E-state index contributed by atoms with van der Waals surface area (Å²) in [6.07, 6.45) is 15.1. The van der Waals surface area contributed by atoms with E-state index in [9.17, 15) is 4.79 Å². The van der Waals surface area contributed by atoms with Gasteiger partial charge in [-0.25, -0.2) is 4.79 Å². The van der Waals surface area contributed by atoms with Crippen molar-refractivity contribution in [3.05, 3.63) is 36.5 Å². The SMILES string of the molecule is CC(O)CC/C=C/CCC/C=C/C=C/C(=O)O. The van der Waals surface area contributed by atoms with Crippen molar-refractivity contribution in [1.82, 2.24) is 0 Å². The Bertz CT molecular complexity index is 275. The second-order valence-electron chi connectivity index (χ2n) is 3.95. The lowest BCUT2D eigenvalue weighted by molar-refractivity contribution is -0.131. The molecule has 0 aromatic rings. The van der Waals surface area contributed by atoms with Gasteiger partial charge in [0.15, 0.2) is 0 Å². The van der Waals surface area contributed by atoms with E-state index >= 15 is 0 Å². The summed E-state index contributed by atoms with van der Waals surface area (Å²) in [7, 11) is 0. The van der Waals surface area contributed by atoms with E-state index in [1.165, 1.54) is 6.08 Å². The molecule has 0 radical (unpaired) electrons. The zero-order valence-electron chi connectivity index (χ0n) is 10.4. The van der Waals surface area contributed by atoms with E-state index in [2.05, 4.69) is 12.2 Å². The van der Waals surface area contributed by atoms with Crippen molar-refractivity contribution in [2.75, 3.05) is 0 Å². The van der Waals surface area contributed by atoms with E-state index < -0.39 is 5.97 Å². The van der Waals surface area contributed by atoms with Gasteiger partial charge in [0, 0.05) is 6.08 Å². The van der Waals surface area contributed by atoms with Crippen LogP contribution in [0.1, 0.15) is 39.0 Å². The lowest BCUT2D eigenvalue weighted by Gasteiger charge is -1.98. The van der Waals surface area contributed by atoms with Gasteiger partial charge in [-0.2, -0.15) is 0 Å². The lowest BCUT2D eigenvalue weighted by Crippen LogP contribution is -1.96. The number of allylic oxidation sites excluding steroid dienone is 5. The Hall–Kier alpha value is -1.35. The highest BCUT2D eigenvalue weighted by molar-refractivity contribution is 5.80. The zero-order chi connectivity index (χ0) is 12.9. The first kappa shape index (κ1) is 15.7. The Morgan fingerprint density at radius 2 is 1.76 bits per heavy atom. The van der Waals surface area contributed by atoms with Gasteiger partial charge in [0.25, 0.3) is 0 Å². The fourth-order valence-corrected chi connectivity index (χ4v) is 1.24. The summed E-state index contributed by atoms with van der Waals surface area (Å²) in [5, 5.41) is 17.4. The number of unbranched alkanes of at least 4 members (excludes halogenated alkanes) is 2. The van der Waals surface area contributed by atoms with E-state index in [1.807, 2.05) is 6.08 Å². The van der Waals surface area contributed by atoms with Crippen LogP contribution in [0, 0.1) is 0 Å². The number of aliphatic hydroxyl groups excluding tert-OH is 1. The van der Waals surface area contributed by atoms with Gasteiger partial charge >= 0.3 is 5.97 Å². The fraction of sp³-hybridized carbons (Fsp3) is 0.500. The van der Waals surface area contributed by atoms with Gasteiger partial charge in [-0.15, -0.1) is 0 Å². The summed E-state index contributed by atoms with van der Waals surface area (Å²) in [5.74, 6) is -0.921. The van der Waals surface area contributed by atoms with Crippen LogP contribution in [-0.2, 0) is 4.79 Å². The molecule has 3 heteroatoms. The molecule has 0 aliphatic heterocycles. The van der Waals surface area contributed by atoms with E-state index in [-0.39, 0.29) is 6.10 Å². The first-order valence-corrected chi connectivity index (χ1v) is 6.02. The molecule has 0 aliphatic rings. The maximum Gasteiger partial charge on any atom is 0.328 e. The van der Waals surface area contributed by atoms with Gasteiger partial charge in [0.2, 0.25) is 0 Å². The van der Waals surface area contributed by atoms with Gasteiger partial charge in [0.05, 0.1) is 6.10 Å². The Balaban J connectivity index is 3.37. The van der Waals surface area contributed by atoms with Crippen LogP contribution in [0.3, 0.4) is 0 Å². The van der Waals surface area contributed by atoms with Crippen LogP contribution in [0.25, 0.3) is 0 Å². The highest BCUT2D eigenvalue weighted by Gasteiger charge is 1.90. The van der Waals surface area contributed by atoms with Gasteiger partial charge < -0.3 is 10.2 Å². The minimum atomic E-state index is -0.921. The molecule has 0 bridgehead atoms. The first-order valence-electron chi connectivity index (χ1n) is 6.02. The molecule has 0 fully saturated rings. The maximum atomic E-state index is 10.1. The highest BCUT2D eigenvalue weighted by atomic mass is 16.4. The largest absolute Gasteiger partial charge is 0.478 e.